The lowest BCUT2D eigenvalue weighted by Gasteiger charge is -2.11. The van der Waals surface area contributed by atoms with Crippen LogP contribution in [0, 0.1) is 6.92 Å². The van der Waals surface area contributed by atoms with Crippen molar-refractivity contribution in [2.45, 2.75) is 20.0 Å². The van der Waals surface area contributed by atoms with Gasteiger partial charge in [-0.2, -0.15) is 0 Å². The zero-order valence-electron chi connectivity index (χ0n) is 11.0. The quantitative estimate of drug-likeness (QED) is 0.898. The number of pyridine rings is 1. The zero-order chi connectivity index (χ0) is 13.1. The summed E-state index contributed by atoms with van der Waals surface area (Å²) in [5.41, 5.74) is 10.0. The molecule has 0 saturated heterocycles. The molecule has 1 aromatic carbocycles. The van der Waals surface area contributed by atoms with Crippen molar-refractivity contribution >= 4 is 5.82 Å². The van der Waals surface area contributed by atoms with Crippen molar-refractivity contribution in [3.05, 3.63) is 47.7 Å². The molecule has 0 radical (unpaired) electrons. The van der Waals surface area contributed by atoms with Gasteiger partial charge in [-0.3, -0.25) is 0 Å². The van der Waals surface area contributed by atoms with E-state index in [9.17, 15) is 0 Å². The predicted octanol–water partition coefficient (Wildman–Crippen LogP) is 3.35. The van der Waals surface area contributed by atoms with E-state index in [0.717, 1.165) is 16.8 Å². The molecule has 3 heteroatoms. The van der Waals surface area contributed by atoms with Crippen molar-refractivity contribution in [2.24, 2.45) is 0 Å². The highest BCUT2D eigenvalue weighted by Crippen LogP contribution is 2.25. The van der Waals surface area contributed by atoms with Crippen LogP contribution in [0.2, 0.25) is 0 Å². The van der Waals surface area contributed by atoms with E-state index in [1.165, 1.54) is 5.56 Å². The number of aromatic nitrogens is 1. The summed E-state index contributed by atoms with van der Waals surface area (Å²) in [5, 5.41) is 0. The predicted molar refractivity (Wildman–Crippen MR) is 74.2 cm³/mol. The Morgan fingerprint density at radius 1 is 1.11 bits per heavy atom. The Kier molecular flexibility index (Phi) is 3.63. The molecule has 0 bridgehead atoms. The molecule has 2 rings (SSSR count). The summed E-state index contributed by atoms with van der Waals surface area (Å²) in [6.45, 7) is 4.00. The molecule has 1 atom stereocenters. The Labute approximate surface area is 108 Å². The molecule has 0 aliphatic heterocycles. The van der Waals surface area contributed by atoms with Gasteiger partial charge in [0.2, 0.25) is 0 Å². The molecule has 94 valence electrons. The van der Waals surface area contributed by atoms with Gasteiger partial charge < -0.3 is 10.5 Å². The summed E-state index contributed by atoms with van der Waals surface area (Å²) in [4.78, 5) is 4.28. The second-order valence-electron chi connectivity index (χ2n) is 4.37. The Morgan fingerprint density at radius 2 is 1.78 bits per heavy atom. The molecule has 0 amide bonds. The average Bonchev–Trinajstić information content (AvgIpc) is 2.38. The molecule has 3 nitrogen and oxygen atoms in total. The SMILES string of the molecule is COC(C)c1ccc(-c2ccc(N)nc2C)cc1. The fourth-order valence-electron chi connectivity index (χ4n) is 1.96. The largest absolute Gasteiger partial charge is 0.384 e. The third-order valence-corrected chi connectivity index (χ3v) is 3.15. The van der Waals surface area contributed by atoms with E-state index in [1.54, 1.807) is 7.11 Å². The molecule has 2 aromatic rings. The molecule has 18 heavy (non-hydrogen) atoms. The van der Waals surface area contributed by atoms with Gasteiger partial charge in [0.1, 0.15) is 5.82 Å². The number of nitrogens with zero attached hydrogens (tertiary/aromatic N) is 1. The van der Waals surface area contributed by atoms with Crippen molar-refractivity contribution in [1.82, 2.24) is 4.98 Å². The lowest BCUT2D eigenvalue weighted by atomic mass is 10.0. The van der Waals surface area contributed by atoms with Gasteiger partial charge in [0.05, 0.1) is 6.10 Å². The number of rotatable bonds is 3. The fourth-order valence-corrected chi connectivity index (χ4v) is 1.96. The topological polar surface area (TPSA) is 48.1 Å². The monoisotopic (exact) mass is 242 g/mol. The molecule has 2 N–H and O–H groups in total. The maximum Gasteiger partial charge on any atom is 0.123 e. The highest BCUT2D eigenvalue weighted by atomic mass is 16.5. The maximum absolute atomic E-state index is 5.66. The van der Waals surface area contributed by atoms with Crippen molar-refractivity contribution in [1.29, 1.82) is 0 Å². The lowest BCUT2D eigenvalue weighted by Crippen LogP contribution is -1.96. The van der Waals surface area contributed by atoms with Crippen LogP contribution >= 0.6 is 0 Å². The summed E-state index contributed by atoms with van der Waals surface area (Å²) in [6, 6.07) is 12.2. The highest BCUT2D eigenvalue weighted by Gasteiger charge is 2.06. The van der Waals surface area contributed by atoms with Crippen LogP contribution in [0.1, 0.15) is 24.3 Å². The Balaban J connectivity index is 2.34. The van der Waals surface area contributed by atoms with E-state index in [4.69, 9.17) is 10.5 Å². The van der Waals surface area contributed by atoms with E-state index in [-0.39, 0.29) is 6.10 Å². The van der Waals surface area contributed by atoms with Gasteiger partial charge in [-0.15, -0.1) is 0 Å². The van der Waals surface area contributed by atoms with Crippen LogP contribution in [0.4, 0.5) is 5.82 Å². The first-order valence-corrected chi connectivity index (χ1v) is 5.98. The van der Waals surface area contributed by atoms with Crippen molar-refractivity contribution < 1.29 is 4.74 Å². The second-order valence-corrected chi connectivity index (χ2v) is 4.37. The van der Waals surface area contributed by atoms with Crippen LogP contribution in [-0.4, -0.2) is 12.1 Å². The molecule has 0 fully saturated rings. The smallest absolute Gasteiger partial charge is 0.123 e. The molecule has 1 heterocycles. The molecule has 0 spiro atoms. The third kappa shape index (κ3) is 2.51. The maximum atomic E-state index is 5.66. The fraction of sp³-hybridized carbons (Fsp3) is 0.267. The number of nitrogen functional groups attached to an aromatic ring is 1. The number of nitrogens with two attached hydrogens (primary N) is 1. The van der Waals surface area contributed by atoms with E-state index in [2.05, 4.69) is 29.2 Å². The van der Waals surface area contributed by atoms with Gasteiger partial charge >= 0.3 is 0 Å². The van der Waals surface area contributed by atoms with Gasteiger partial charge in [0.15, 0.2) is 0 Å². The normalized spacial score (nSPS) is 12.4. The Morgan fingerprint density at radius 3 is 2.33 bits per heavy atom. The van der Waals surface area contributed by atoms with E-state index in [0.29, 0.717) is 5.82 Å². The highest BCUT2D eigenvalue weighted by molar-refractivity contribution is 5.67. The number of anilines is 1. The molecule has 0 aliphatic carbocycles. The van der Waals surface area contributed by atoms with Crippen molar-refractivity contribution in [3.63, 3.8) is 0 Å². The van der Waals surface area contributed by atoms with E-state index < -0.39 is 0 Å². The molecule has 0 saturated carbocycles. The van der Waals surface area contributed by atoms with E-state index in [1.807, 2.05) is 26.0 Å². The van der Waals surface area contributed by atoms with Gasteiger partial charge in [-0.05, 0) is 37.1 Å². The van der Waals surface area contributed by atoms with Crippen LogP contribution in [-0.2, 0) is 4.74 Å². The third-order valence-electron chi connectivity index (χ3n) is 3.15. The molecule has 0 aliphatic rings. The lowest BCUT2D eigenvalue weighted by molar-refractivity contribution is 0.119. The molecular formula is C15H18N2O. The summed E-state index contributed by atoms with van der Waals surface area (Å²) < 4.78 is 5.29. The second kappa shape index (κ2) is 5.19. The number of methoxy groups -OCH3 is 1. The average molecular weight is 242 g/mol. The number of hydrogen-bond donors (Lipinski definition) is 1. The summed E-state index contributed by atoms with van der Waals surface area (Å²) in [6.07, 6.45) is 0.115. The van der Waals surface area contributed by atoms with E-state index >= 15 is 0 Å². The summed E-state index contributed by atoms with van der Waals surface area (Å²) in [7, 11) is 1.71. The summed E-state index contributed by atoms with van der Waals surface area (Å²) in [5.74, 6) is 0.556. The number of hydrogen-bond acceptors (Lipinski definition) is 3. The first kappa shape index (κ1) is 12.6. The first-order valence-electron chi connectivity index (χ1n) is 5.98. The molecule has 1 aromatic heterocycles. The van der Waals surface area contributed by atoms with Crippen molar-refractivity contribution in [3.8, 4) is 11.1 Å². The Bertz CT molecular complexity index is 535. The minimum Gasteiger partial charge on any atom is -0.384 e. The van der Waals surface area contributed by atoms with Crippen LogP contribution in [0.15, 0.2) is 36.4 Å². The molecular weight excluding hydrogens is 224 g/mol. The van der Waals surface area contributed by atoms with Gasteiger partial charge in [-0.25, -0.2) is 4.98 Å². The van der Waals surface area contributed by atoms with Crippen LogP contribution in [0.3, 0.4) is 0 Å². The van der Waals surface area contributed by atoms with Crippen LogP contribution in [0.5, 0.6) is 0 Å². The van der Waals surface area contributed by atoms with Crippen LogP contribution in [0.25, 0.3) is 11.1 Å². The number of aryl methyl sites for hydroxylation is 1. The number of benzene rings is 1. The van der Waals surface area contributed by atoms with Gasteiger partial charge in [-0.1, -0.05) is 24.3 Å². The number of ether oxygens (including phenoxy) is 1. The van der Waals surface area contributed by atoms with Crippen LogP contribution < -0.4 is 5.73 Å². The summed E-state index contributed by atoms with van der Waals surface area (Å²) >= 11 is 0. The van der Waals surface area contributed by atoms with Gasteiger partial charge in [0.25, 0.3) is 0 Å². The Hall–Kier alpha value is -1.87. The first-order chi connectivity index (χ1) is 8.61. The minimum absolute atomic E-state index is 0.115. The standard InChI is InChI=1S/C15H18N2O/c1-10-14(8-9-15(16)17-10)13-6-4-12(5-7-13)11(2)18-3/h4-9,11H,1-3H3,(H2,16,17). The van der Waals surface area contributed by atoms with Gasteiger partial charge in [0, 0.05) is 18.4 Å². The van der Waals surface area contributed by atoms with Crippen molar-refractivity contribution in [2.75, 3.05) is 12.8 Å². The minimum atomic E-state index is 0.115. The molecule has 1 unspecified atom stereocenters. The zero-order valence-corrected chi connectivity index (χ0v) is 11.0.